The van der Waals surface area contributed by atoms with Crippen LogP contribution in [0.15, 0.2) is 27.8 Å². The lowest BCUT2D eigenvalue weighted by Gasteiger charge is -1.93. The van der Waals surface area contributed by atoms with Crippen LogP contribution < -0.4 is 0 Å². The minimum absolute atomic E-state index is 0.229. The molecule has 6 heteroatoms. The lowest BCUT2D eigenvalue weighted by atomic mass is 10.2. The number of hydrogen-bond donors (Lipinski definition) is 1. The van der Waals surface area contributed by atoms with Gasteiger partial charge in [0.1, 0.15) is 17.1 Å². The lowest BCUT2D eigenvalue weighted by molar-refractivity contribution is 0.0695. The van der Waals surface area contributed by atoms with E-state index in [1.165, 1.54) is 0 Å². The highest BCUT2D eigenvalue weighted by atomic mass is 32.2. The van der Waals surface area contributed by atoms with E-state index in [9.17, 15) is 4.79 Å². The number of carboxylic acids is 1. The zero-order valence-electron chi connectivity index (χ0n) is 9.51. The number of hydrogen-bond acceptors (Lipinski definition) is 4. The maximum absolute atomic E-state index is 10.8. The van der Waals surface area contributed by atoms with E-state index in [4.69, 9.17) is 9.52 Å². The van der Waals surface area contributed by atoms with Gasteiger partial charge in [0.2, 0.25) is 0 Å². The summed E-state index contributed by atoms with van der Waals surface area (Å²) in [6, 6.07) is 1.57. The predicted molar refractivity (Wildman–Crippen MR) is 63.2 cm³/mol. The van der Waals surface area contributed by atoms with Crippen molar-refractivity contribution >= 4 is 17.7 Å². The first-order valence-electron chi connectivity index (χ1n) is 5.00. The summed E-state index contributed by atoms with van der Waals surface area (Å²) >= 11 is 1.56. The van der Waals surface area contributed by atoms with Crippen LogP contribution in [0, 0.1) is 6.92 Å². The van der Waals surface area contributed by atoms with Gasteiger partial charge >= 0.3 is 5.97 Å². The number of aromatic nitrogens is 2. The van der Waals surface area contributed by atoms with Crippen molar-refractivity contribution in [2.45, 2.75) is 17.6 Å². The van der Waals surface area contributed by atoms with Gasteiger partial charge in [-0.25, -0.2) is 4.79 Å². The van der Waals surface area contributed by atoms with Crippen LogP contribution in [0.1, 0.15) is 21.9 Å². The summed E-state index contributed by atoms with van der Waals surface area (Å²) in [6.45, 7) is 1.65. The van der Waals surface area contributed by atoms with Crippen molar-refractivity contribution in [2.24, 2.45) is 7.05 Å². The fourth-order valence-electron chi connectivity index (χ4n) is 1.45. The largest absolute Gasteiger partial charge is 0.478 e. The second-order valence-electron chi connectivity index (χ2n) is 3.63. The third-order valence-electron chi connectivity index (χ3n) is 2.26. The van der Waals surface area contributed by atoms with Crippen molar-refractivity contribution in [1.82, 2.24) is 9.78 Å². The molecule has 0 atom stereocenters. The van der Waals surface area contributed by atoms with E-state index < -0.39 is 5.97 Å². The van der Waals surface area contributed by atoms with Crippen LogP contribution in [0.4, 0.5) is 0 Å². The number of aromatic carboxylic acids is 1. The van der Waals surface area contributed by atoms with Gasteiger partial charge in [0.05, 0.1) is 11.9 Å². The molecule has 90 valence electrons. The maximum Gasteiger partial charge on any atom is 0.339 e. The summed E-state index contributed by atoms with van der Waals surface area (Å²) in [7, 11) is 1.85. The van der Waals surface area contributed by atoms with Crippen LogP contribution in [0.3, 0.4) is 0 Å². The Hall–Kier alpha value is -1.69. The Kier molecular flexibility index (Phi) is 3.23. The van der Waals surface area contributed by atoms with Gasteiger partial charge in [-0.3, -0.25) is 4.68 Å². The monoisotopic (exact) mass is 252 g/mol. The molecule has 0 saturated carbocycles. The summed E-state index contributed by atoms with van der Waals surface area (Å²) < 4.78 is 7.10. The van der Waals surface area contributed by atoms with Crippen LogP contribution in [0.5, 0.6) is 0 Å². The topological polar surface area (TPSA) is 68.3 Å². The third-order valence-corrected chi connectivity index (χ3v) is 3.23. The Bertz CT molecular complexity index is 545. The highest BCUT2D eigenvalue weighted by molar-refractivity contribution is 7.98. The standard InChI is InChI=1S/C11H12N2O3S/c1-7-10(11(14)15)3-8(16-7)6-17-9-4-12-13(2)5-9/h3-5H,6H2,1-2H3,(H,14,15). The first-order chi connectivity index (χ1) is 8.06. The molecular formula is C11H12N2O3S. The van der Waals surface area contributed by atoms with Crippen LogP contribution in [-0.4, -0.2) is 20.9 Å². The number of rotatable bonds is 4. The lowest BCUT2D eigenvalue weighted by Crippen LogP contribution is -1.94. The van der Waals surface area contributed by atoms with Gasteiger partial charge in [0.25, 0.3) is 0 Å². The van der Waals surface area contributed by atoms with E-state index in [1.807, 2.05) is 13.2 Å². The van der Waals surface area contributed by atoms with Crippen LogP contribution in [0.2, 0.25) is 0 Å². The highest BCUT2D eigenvalue weighted by Gasteiger charge is 2.13. The molecule has 0 aliphatic rings. The van der Waals surface area contributed by atoms with E-state index in [0.717, 1.165) is 4.90 Å². The molecular weight excluding hydrogens is 240 g/mol. The van der Waals surface area contributed by atoms with Crippen molar-refractivity contribution in [3.63, 3.8) is 0 Å². The predicted octanol–water partition coefficient (Wildman–Crippen LogP) is 2.31. The second kappa shape index (κ2) is 4.67. The van der Waals surface area contributed by atoms with Crippen molar-refractivity contribution in [3.05, 3.63) is 35.5 Å². The number of thioether (sulfide) groups is 1. The van der Waals surface area contributed by atoms with Crippen molar-refractivity contribution in [2.75, 3.05) is 0 Å². The molecule has 5 nitrogen and oxygen atoms in total. The van der Waals surface area contributed by atoms with Gasteiger partial charge < -0.3 is 9.52 Å². The number of furan rings is 1. The molecule has 0 spiro atoms. The van der Waals surface area contributed by atoms with Crippen LogP contribution in [0.25, 0.3) is 0 Å². The number of carbonyl (C=O) groups is 1. The van der Waals surface area contributed by atoms with Gasteiger partial charge in [-0.05, 0) is 13.0 Å². The summed E-state index contributed by atoms with van der Waals surface area (Å²) in [5.74, 6) is 0.747. The average molecular weight is 252 g/mol. The van der Waals surface area contributed by atoms with E-state index in [2.05, 4.69) is 5.10 Å². The molecule has 17 heavy (non-hydrogen) atoms. The molecule has 0 radical (unpaired) electrons. The Labute approximate surface area is 102 Å². The molecule has 0 unspecified atom stereocenters. The van der Waals surface area contributed by atoms with Crippen molar-refractivity contribution in [1.29, 1.82) is 0 Å². The Morgan fingerprint density at radius 1 is 1.65 bits per heavy atom. The van der Waals surface area contributed by atoms with Gasteiger partial charge in [0.15, 0.2) is 0 Å². The van der Waals surface area contributed by atoms with Crippen LogP contribution in [-0.2, 0) is 12.8 Å². The van der Waals surface area contributed by atoms with E-state index in [0.29, 0.717) is 17.3 Å². The smallest absolute Gasteiger partial charge is 0.339 e. The molecule has 1 N–H and O–H groups in total. The molecule has 0 saturated heterocycles. The molecule has 0 aliphatic heterocycles. The molecule has 2 aromatic heterocycles. The van der Waals surface area contributed by atoms with Gasteiger partial charge in [-0.1, -0.05) is 0 Å². The molecule has 0 aliphatic carbocycles. The summed E-state index contributed by atoms with van der Waals surface area (Å²) in [5.41, 5.74) is 0.229. The summed E-state index contributed by atoms with van der Waals surface area (Å²) in [4.78, 5) is 11.9. The normalized spacial score (nSPS) is 10.7. The first kappa shape index (κ1) is 11.8. The van der Waals surface area contributed by atoms with Gasteiger partial charge in [-0.15, -0.1) is 11.8 Å². The minimum atomic E-state index is -0.955. The first-order valence-corrected chi connectivity index (χ1v) is 5.99. The SMILES string of the molecule is Cc1oc(CSc2cnn(C)c2)cc1C(=O)O. The third kappa shape index (κ3) is 2.71. The van der Waals surface area contributed by atoms with Gasteiger partial charge in [0, 0.05) is 18.1 Å². The van der Waals surface area contributed by atoms with Crippen LogP contribution >= 0.6 is 11.8 Å². The number of carboxylic acid groups (broad SMARTS) is 1. The molecule has 0 aromatic carbocycles. The Morgan fingerprint density at radius 3 is 2.94 bits per heavy atom. The summed E-state index contributed by atoms with van der Waals surface area (Å²) in [6.07, 6.45) is 3.66. The quantitative estimate of drug-likeness (QED) is 0.846. The minimum Gasteiger partial charge on any atom is -0.478 e. The highest BCUT2D eigenvalue weighted by Crippen LogP contribution is 2.24. The molecule has 2 aromatic rings. The molecule has 0 bridgehead atoms. The average Bonchev–Trinajstić information content (AvgIpc) is 2.82. The zero-order valence-corrected chi connectivity index (χ0v) is 10.3. The van der Waals surface area contributed by atoms with E-state index in [1.54, 1.807) is 35.6 Å². The van der Waals surface area contributed by atoms with E-state index in [-0.39, 0.29) is 5.56 Å². The second-order valence-corrected chi connectivity index (χ2v) is 4.67. The fourth-order valence-corrected chi connectivity index (χ4v) is 2.25. The summed E-state index contributed by atoms with van der Waals surface area (Å²) in [5, 5.41) is 12.9. The number of aryl methyl sites for hydroxylation is 2. The number of nitrogens with zero attached hydrogens (tertiary/aromatic N) is 2. The molecule has 2 heterocycles. The Morgan fingerprint density at radius 2 is 2.41 bits per heavy atom. The van der Waals surface area contributed by atoms with Crippen molar-refractivity contribution in [3.8, 4) is 0 Å². The maximum atomic E-state index is 10.8. The molecule has 2 rings (SSSR count). The molecule has 0 fully saturated rings. The van der Waals surface area contributed by atoms with Gasteiger partial charge in [-0.2, -0.15) is 5.10 Å². The Balaban J connectivity index is 2.04. The van der Waals surface area contributed by atoms with E-state index >= 15 is 0 Å². The fraction of sp³-hybridized carbons (Fsp3) is 0.273. The van der Waals surface area contributed by atoms with Crippen molar-refractivity contribution < 1.29 is 14.3 Å². The zero-order chi connectivity index (χ0) is 12.4. The molecule has 0 amide bonds.